The zero-order valence-electron chi connectivity index (χ0n) is 24.6. The van der Waals surface area contributed by atoms with Crippen molar-refractivity contribution >= 4 is 23.4 Å². The molecule has 4 atom stereocenters. The maximum Gasteiger partial charge on any atom is 0.325 e. The summed E-state index contributed by atoms with van der Waals surface area (Å²) < 4.78 is 8.30. The van der Waals surface area contributed by atoms with Crippen LogP contribution in [0.2, 0.25) is 0 Å². The lowest BCUT2D eigenvalue weighted by atomic mass is 9.71. The quantitative estimate of drug-likeness (QED) is 0.278. The molecular formula is C32H40N6O3S. The molecule has 0 spiro atoms. The van der Waals surface area contributed by atoms with Crippen LogP contribution in [-0.4, -0.2) is 44.4 Å². The molecule has 2 unspecified atom stereocenters. The van der Waals surface area contributed by atoms with E-state index in [4.69, 9.17) is 26.6 Å². The van der Waals surface area contributed by atoms with Crippen molar-refractivity contribution in [2.45, 2.75) is 81.2 Å². The van der Waals surface area contributed by atoms with Crippen LogP contribution in [0, 0.1) is 34.0 Å². The summed E-state index contributed by atoms with van der Waals surface area (Å²) >= 11 is 1.55. The summed E-state index contributed by atoms with van der Waals surface area (Å²) in [6, 6.07) is 14.3. The Morgan fingerprint density at radius 1 is 1.21 bits per heavy atom. The molecule has 2 saturated carbocycles. The number of nitrogens with zero attached hydrogens (tertiary/aromatic N) is 4. The first-order chi connectivity index (χ1) is 20.1. The Balaban J connectivity index is 0.000000262. The van der Waals surface area contributed by atoms with Gasteiger partial charge >= 0.3 is 5.97 Å². The van der Waals surface area contributed by atoms with E-state index in [1.54, 1.807) is 11.8 Å². The van der Waals surface area contributed by atoms with Crippen molar-refractivity contribution in [2.75, 3.05) is 12.9 Å². The summed E-state index contributed by atoms with van der Waals surface area (Å²) in [6.45, 7) is 4.44. The SMILES string of the molecule is CCC1(C#N)CCCC1(N)C(=O)O.CC[C@H]1CCC[C@]1(N)COc1cc(-c2cnc3ccccn23)cc(SC)c1C#N. The highest BCUT2D eigenvalue weighted by molar-refractivity contribution is 7.98. The first-order valence-electron chi connectivity index (χ1n) is 14.5. The molecule has 2 aromatic heterocycles. The van der Waals surface area contributed by atoms with Crippen molar-refractivity contribution in [3.63, 3.8) is 0 Å². The Morgan fingerprint density at radius 3 is 2.62 bits per heavy atom. The molecule has 2 heterocycles. The van der Waals surface area contributed by atoms with E-state index in [0.29, 0.717) is 43.1 Å². The number of carbonyl (C=O) groups is 1. The smallest absolute Gasteiger partial charge is 0.325 e. The van der Waals surface area contributed by atoms with Crippen LogP contribution in [0.5, 0.6) is 5.75 Å². The highest BCUT2D eigenvalue weighted by Gasteiger charge is 2.57. The topological polar surface area (TPSA) is 163 Å². The predicted molar refractivity (Wildman–Crippen MR) is 164 cm³/mol. The largest absolute Gasteiger partial charge is 0.490 e. The molecule has 0 radical (unpaired) electrons. The molecule has 9 nitrogen and oxygen atoms in total. The molecule has 0 saturated heterocycles. The van der Waals surface area contributed by atoms with E-state index in [1.807, 2.05) is 60.3 Å². The average molecular weight is 589 g/mol. The van der Waals surface area contributed by atoms with Gasteiger partial charge in [0.05, 0.1) is 28.9 Å². The second kappa shape index (κ2) is 12.7. The van der Waals surface area contributed by atoms with Gasteiger partial charge in [-0.05, 0) is 75.0 Å². The number of aromatic nitrogens is 2. The van der Waals surface area contributed by atoms with Gasteiger partial charge < -0.3 is 21.3 Å². The number of pyridine rings is 1. The molecule has 0 aliphatic heterocycles. The normalized spacial score (nSPS) is 26.7. The highest BCUT2D eigenvalue weighted by atomic mass is 32.2. The molecule has 3 aromatic rings. The van der Waals surface area contributed by atoms with Gasteiger partial charge in [0.15, 0.2) is 0 Å². The van der Waals surface area contributed by atoms with Crippen LogP contribution >= 0.6 is 11.8 Å². The van der Waals surface area contributed by atoms with Crippen LogP contribution in [0.15, 0.2) is 47.6 Å². The van der Waals surface area contributed by atoms with Gasteiger partial charge in [-0.3, -0.25) is 9.20 Å². The molecule has 1 aromatic carbocycles. The molecule has 42 heavy (non-hydrogen) atoms. The first kappa shape index (κ1) is 31.4. The molecule has 2 aliphatic rings. The molecule has 222 valence electrons. The van der Waals surface area contributed by atoms with Crippen LogP contribution in [-0.2, 0) is 4.79 Å². The Kier molecular flexibility index (Phi) is 9.52. The lowest BCUT2D eigenvalue weighted by molar-refractivity contribution is -0.146. The van der Waals surface area contributed by atoms with E-state index in [9.17, 15) is 10.1 Å². The van der Waals surface area contributed by atoms with Crippen molar-refractivity contribution in [3.8, 4) is 29.1 Å². The zero-order valence-corrected chi connectivity index (χ0v) is 25.4. The van der Waals surface area contributed by atoms with Gasteiger partial charge in [-0.2, -0.15) is 10.5 Å². The van der Waals surface area contributed by atoms with Crippen LogP contribution < -0.4 is 16.2 Å². The second-order valence-electron chi connectivity index (χ2n) is 11.4. The Morgan fingerprint density at radius 2 is 2.00 bits per heavy atom. The summed E-state index contributed by atoms with van der Waals surface area (Å²) in [5.41, 5.74) is 13.4. The predicted octanol–water partition coefficient (Wildman–Crippen LogP) is 5.75. The standard InChI is InChI=1S/C23H26N4OS.C9H14N2O2/c1-3-17-7-6-9-23(17,25)15-28-20-11-16(12-21(29-2)18(20)13-24)19-14-26-22-8-4-5-10-27(19)22;1-2-8(6-10)4-3-5-9(8,11)7(12)13/h4-5,8,10-12,14,17H,3,6-7,9,15,25H2,1-2H3;2-5,11H2,1H3,(H,12,13)/t17-,23-;/m0./s1. The fourth-order valence-corrected chi connectivity index (χ4v) is 7.22. The number of rotatable bonds is 8. The summed E-state index contributed by atoms with van der Waals surface area (Å²) in [5, 5.41) is 27.8. The van der Waals surface area contributed by atoms with Gasteiger partial charge in [-0.15, -0.1) is 11.8 Å². The van der Waals surface area contributed by atoms with Crippen molar-refractivity contribution in [2.24, 2.45) is 22.8 Å². The van der Waals surface area contributed by atoms with Crippen molar-refractivity contribution in [1.29, 1.82) is 10.5 Å². The van der Waals surface area contributed by atoms with Crippen LogP contribution in [0.25, 0.3) is 16.9 Å². The third-order valence-electron chi connectivity index (χ3n) is 9.34. The molecule has 2 fully saturated rings. The minimum atomic E-state index is -1.34. The number of carboxylic acid groups (broad SMARTS) is 1. The Hall–Kier alpha value is -3.57. The number of fused-ring (bicyclic) bond motifs is 1. The third-order valence-corrected chi connectivity index (χ3v) is 10.1. The van der Waals surface area contributed by atoms with E-state index >= 15 is 0 Å². The molecular weight excluding hydrogens is 548 g/mol. The zero-order chi connectivity index (χ0) is 30.5. The molecule has 0 amide bonds. The Bertz CT molecular complexity index is 1530. The lowest BCUT2D eigenvalue weighted by Crippen LogP contribution is -2.57. The fourth-order valence-electron chi connectivity index (χ4n) is 6.62. The summed E-state index contributed by atoms with van der Waals surface area (Å²) in [6.07, 6.45) is 12.4. The number of imidazole rings is 1. The molecule has 5 N–H and O–H groups in total. The number of hydrogen-bond acceptors (Lipinski definition) is 8. The van der Waals surface area contributed by atoms with Gasteiger partial charge in [0.1, 0.15) is 35.2 Å². The van der Waals surface area contributed by atoms with E-state index in [2.05, 4.69) is 24.0 Å². The lowest BCUT2D eigenvalue weighted by Gasteiger charge is -2.33. The van der Waals surface area contributed by atoms with E-state index in [1.165, 1.54) is 0 Å². The summed E-state index contributed by atoms with van der Waals surface area (Å²) in [5.74, 6) is 0.0234. The summed E-state index contributed by atoms with van der Waals surface area (Å²) in [4.78, 5) is 16.4. The fraction of sp³-hybridized carbons (Fsp3) is 0.500. The number of benzene rings is 1. The number of thioether (sulfide) groups is 1. The molecule has 10 heteroatoms. The number of hydrogen-bond donors (Lipinski definition) is 3. The van der Waals surface area contributed by atoms with Crippen molar-refractivity contribution in [1.82, 2.24) is 9.38 Å². The van der Waals surface area contributed by atoms with Crippen LogP contribution in [0.1, 0.15) is 70.8 Å². The van der Waals surface area contributed by atoms with Crippen LogP contribution in [0.4, 0.5) is 0 Å². The van der Waals surface area contributed by atoms with Gasteiger partial charge in [0.25, 0.3) is 0 Å². The second-order valence-corrected chi connectivity index (χ2v) is 12.3. The number of nitriles is 2. The first-order valence-corrected chi connectivity index (χ1v) is 15.7. The van der Waals surface area contributed by atoms with Gasteiger partial charge in [0.2, 0.25) is 0 Å². The number of nitrogens with two attached hydrogens (primary N) is 2. The maximum atomic E-state index is 11.0. The Labute approximate surface area is 251 Å². The van der Waals surface area contributed by atoms with E-state index in [0.717, 1.165) is 53.9 Å². The third kappa shape index (κ3) is 5.59. The molecule has 2 aliphatic carbocycles. The minimum absolute atomic E-state index is 0.319. The van der Waals surface area contributed by atoms with Crippen molar-refractivity contribution in [3.05, 3.63) is 48.3 Å². The summed E-state index contributed by atoms with van der Waals surface area (Å²) in [7, 11) is 0. The van der Waals surface area contributed by atoms with Crippen molar-refractivity contribution < 1.29 is 14.6 Å². The van der Waals surface area contributed by atoms with Crippen LogP contribution in [0.3, 0.4) is 0 Å². The van der Waals surface area contributed by atoms with Gasteiger partial charge in [-0.1, -0.05) is 32.8 Å². The monoisotopic (exact) mass is 588 g/mol. The molecule has 0 bridgehead atoms. The van der Waals surface area contributed by atoms with E-state index in [-0.39, 0.29) is 5.54 Å². The van der Waals surface area contributed by atoms with E-state index < -0.39 is 16.9 Å². The number of ether oxygens (including phenoxy) is 1. The average Bonchev–Trinajstić information content (AvgIpc) is 3.71. The van der Waals surface area contributed by atoms with Gasteiger partial charge in [-0.25, -0.2) is 4.98 Å². The number of aliphatic carboxylic acids is 1. The maximum absolute atomic E-state index is 11.0. The number of carboxylic acids is 1. The van der Waals surface area contributed by atoms with Gasteiger partial charge in [0, 0.05) is 16.7 Å². The highest BCUT2D eigenvalue weighted by Crippen LogP contribution is 2.47. The molecule has 5 rings (SSSR count). The minimum Gasteiger partial charge on any atom is -0.490 e.